The van der Waals surface area contributed by atoms with E-state index in [0.717, 1.165) is 44.3 Å². The summed E-state index contributed by atoms with van der Waals surface area (Å²) in [6.07, 6.45) is 3.68. The Balaban J connectivity index is 0.00000182. The van der Waals surface area contributed by atoms with Crippen molar-refractivity contribution in [1.82, 2.24) is 10.2 Å². The van der Waals surface area contributed by atoms with E-state index in [-0.39, 0.29) is 54.5 Å². The lowest BCUT2D eigenvalue weighted by Gasteiger charge is -2.35. The van der Waals surface area contributed by atoms with Gasteiger partial charge in [-0.1, -0.05) is 18.6 Å². The standard InChI is InChI=1S/C19H28FN3O2.2ClH/c20-16-5-1-3-14(11-16)18(23-7-9-25-10-8-23)13-22-19(24)15-4-2-6-17(21)12-15;;/h1,3,5,11,15,17-18H,2,4,6-10,12-13,21H2,(H,22,24);2*1H. The molecule has 154 valence electrons. The average Bonchev–Trinajstić information content (AvgIpc) is 2.63. The van der Waals surface area contributed by atoms with Crippen LogP contribution in [0.4, 0.5) is 4.39 Å². The number of rotatable bonds is 5. The smallest absolute Gasteiger partial charge is 0.223 e. The number of nitrogens with zero attached hydrogens (tertiary/aromatic N) is 1. The summed E-state index contributed by atoms with van der Waals surface area (Å²) in [5.74, 6) is -0.174. The highest BCUT2D eigenvalue weighted by Crippen LogP contribution is 2.25. The molecule has 1 saturated heterocycles. The van der Waals surface area contributed by atoms with Crippen LogP contribution in [0.25, 0.3) is 0 Å². The molecule has 3 unspecified atom stereocenters. The summed E-state index contributed by atoms with van der Waals surface area (Å²) in [6.45, 7) is 3.37. The summed E-state index contributed by atoms with van der Waals surface area (Å²) in [4.78, 5) is 14.8. The number of nitrogens with two attached hydrogens (primary N) is 1. The van der Waals surface area contributed by atoms with Crippen LogP contribution >= 0.6 is 24.8 Å². The predicted octanol–water partition coefficient (Wildman–Crippen LogP) is 2.68. The zero-order valence-electron chi connectivity index (χ0n) is 15.4. The lowest BCUT2D eigenvalue weighted by atomic mass is 9.85. The molecule has 27 heavy (non-hydrogen) atoms. The van der Waals surface area contributed by atoms with Crippen molar-refractivity contribution in [3.63, 3.8) is 0 Å². The van der Waals surface area contributed by atoms with E-state index in [2.05, 4.69) is 10.2 Å². The third-order valence-corrected chi connectivity index (χ3v) is 5.28. The number of amides is 1. The number of hydrogen-bond acceptors (Lipinski definition) is 4. The molecule has 5 nitrogen and oxygen atoms in total. The summed E-state index contributed by atoms with van der Waals surface area (Å²) < 4.78 is 19.1. The lowest BCUT2D eigenvalue weighted by molar-refractivity contribution is -0.126. The van der Waals surface area contributed by atoms with Crippen molar-refractivity contribution < 1.29 is 13.9 Å². The molecule has 1 heterocycles. The Labute approximate surface area is 173 Å². The number of halogens is 3. The van der Waals surface area contributed by atoms with Gasteiger partial charge in [0.05, 0.1) is 19.3 Å². The highest BCUT2D eigenvalue weighted by atomic mass is 35.5. The van der Waals surface area contributed by atoms with Gasteiger partial charge in [-0.25, -0.2) is 4.39 Å². The van der Waals surface area contributed by atoms with Crippen molar-refractivity contribution >= 4 is 30.7 Å². The molecule has 0 spiro atoms. The molecule has 1 saturated carbocycles. The highest BCUT2D eigenvalue weighted by molar-refractivity contribution is 5.85. The second-order valence-electron chi connectivity index (χ2n) is 7.09. The third kappa shape index (κ3) is 6.88. The number of carbonyl (C=O) groups is 1. The van der Waals surface area contributed by atoms with Gasteiger partial charge in [-0.2, -0.15) is 0 Å². The second kappa shape index (κ2) is 11.8. The third-order valence-electron chi connectivity index (χ3n) is 5.28. The lowest BCUT2D eigenvalue weighted by Crippen LogP contribution is -2.45. The second-order valence-corrected chi connectivity index (χ2v) is 7.09. The number of carbonyl (C=O) groups excluding carboxylic acids is 1. The fourth-order valence-electron chi connectivity index (χ4n) is 3.87. The van der Waals surface area contributed by atoms with Crippen LogP contribution in [-0.4, -0.2) is 49.7 Å². The topological polar surface area (TPSA) is 67.6 Å². The molecule has 3 atom stereocenters. The van der Waals surface area contributed by atoms with Crippen LogP contribution in [0.15, 0.2) is 24.3 Å². The highest BCUT2D eigenvalue weighted by Gasteiger charge is 2.28. The van der Waals surface area contributed by atoms with E-state index in [1.165, 1.54) is 6.07 Å². The van der Waals surface area contributed by atoms with Gasteiger partial charge in [-0.15, -0.1) is 24.8 Å². The largest absolute Gasteiger partial charge is 0.379 e. The molecule has 1 aliphatic carbocycles. The Kier molecular flexibility index (Phi) is 10.6. The molecule has 1 aliphatic heterocycles. The SMILES string of the molecule is Cl.Cl.NC1CCCC(C(=O)NCC(c2cccc(F)c2)N2CCOCC2)C1. The molecule has 0 bridgehead atoms. The van der Waals surface area contributed by atoms with Gasteiger partial charge in [0, 0.05) is 31.6 Å². The molecule has 1 amide bonds. The van der Waals surface area contributed by atoms with E-state index in [9.17, 15) is 9.18 Å². The first-order chi connectivity index (χ1) is 12.1. The molecule has 2 fully saturated rings. The number of morpholine rings is 1. The summed E-state index contributed by atoms with van der Waals surface area (Å²) >= 11 is 0. The van der Waals surface area contributed by atoms with Crippen LogP contribution in [0.5, 0.6) is 0 Å². The van der Waals surface area contributed by atoms with Gasteiger partial charge in [-0.3, -0.25) is 9.69 Å². The number of nitrogens with one attached hydrogen (secondary N) is 1. The van der Waals surface area contributed by atoms with E-state index in [4.69, 9.17) is 10.5 Å². The molecule has 2 aliphatic rings. The molecule has 0 radical (unpaired) electrons. The maximum Gasteiger partial charge on any atom is 0.223 e. The minimum Gasteiger partial charge on any atom is -0.379 e. The first kappa shape index (κ1) is 24.1. The van der Waals surface area contributed by atoms with Crippen molar-refractivity contribution in [2.75, 3.05) is 32.8 Å². The van der Waals surface area contributed by atoms with Crippen molar-refractivity contribution in [2.45, 2.75) is 37.8 Å². The van der Waals surface area contributed by atoms with Gasteiger partial charge in [0.25, 0.3) is 0 Å². The Morgan fingerprint density at radius 3 is 2.70 bits per heavy atom. The van der Waals surface area contributed by atoms with Crippen molar-refractivity contribution in [3.8, 4) is 0 Å². The Hall–Kier alpha value is -0.920. The Morgan fingerprint density at radius 1 is 1.30 bits per heavy atom. The number of hydrogen-bond donors (Lipinski definition) is 2. The van der Waals surface area contributed by atoms with E-state index < -0.39 is 0 Å². The number of ether oxygens (including phenoxy) is 1. The van der Waals surface area contributed by atoms with Gasteiger partial charge in [0.15, 0.2) is 0 Å². The Morgan fingerprint density at radius 2 is 2.04 bits per heavy atom. The van der Waals surface area contributed by atoms with Crippen molar-refractivity contribution in [1.29, 1.82) is 0 Å². The minimum absolute atomic E-state index is 0. The molecule has 8 heteroatoms. The van der Waals surface area contributed by atoms with Crippen LogP contribution in [-0.2, 0) is 9.53 Å². The average molecular weight is 422 g/mol. The predicted molar refractivity (Wildman–Crippen MR) is 109 cm³/mol. The quantitative estimate of drug-likeness (QED) is 0.766. The van der Waals surface area contributed by atoms with Crippen LogP contribution in [0.1, 0.15) is 37.3 Å². The molecule has 1 aromatic carbocycles. The maximum absolute atomic E-state index is 13.7. The van der Waals surface area contributed by atoms with E-state index in [0.29, 0.717) is 19.8 Å². The molecule has 3 rings (SSSR count). The van der Waals surface area contributed by atoms with Crippen LogP contribution in [0.3, 0.4) is 0 Å². The van der Waals surface area contributed by atoms with Gasteiger partial charge in [0.1, 0.15) is 5.82 Å². The van der Waals surface area contributed by atoms with E-state index in [1.54, 1.807) is 12.1 Å². The zero-order chi connectivity index (χ0) is 17.6. The monoisotopic (exact) mass is 421 g/mol. The summed E-state index contributed by atoms with van der Waals surface area (Å²) in [5, 5.41) is 3.09. The van der Waals surface area contributed by atoms with Gasteiger partial charge >= 0.3 is 0 Å². The molecule has 0 aromatic heterocycles. The van der Waals surface area contributed by atoms with Gasteiger partial charge in [-0.05, 0) is 37.0 Å². The summed E-state index contributed by atoms with van der Waals surface area (Å²) in [5.41, 5.74) is 6.89. The molecule has 1 aromatic rings. The fraction of sp³-hybridized carbons (Fsp3) is 0.632. The van der Waals surface area contributed by atoms with Crippen LogP contribution in [0, 0.1) is 11.7 Å². The first-order valence-corrected chi connectivity index (χ1v) is 9.24. The van der Waals surface area contributed by atoms with Crippen LogP contribution in [0.2, 0.25) is 0 Å². The Bertz CT molecular complexity index is 588. The molecular weight excluding hydrogens is 392 g/mol. The van der Waals surface area contributed by atoms with Gasteiger partial charge in [0.2, 0.25) is 5.91 Å². The number of benzene rings is 1. The molecule has 3 N–H and O–H groups in total. The first-order valence-electron chi connectivity index (χ1n) is 9.24. The van der Waals surface area contributed by atoms with Gasteiger partial charge < -0.3 is 15.8 Å². The van der Waals surface area contributed by atoms with E-state index in [1.807, 2.05) is 6.07 Å². The minimum atomic E-state index is -0.250. The zero-order valence-corrected chi connectivity index (χ0v) is 17.1. The van der Waals surface area contributed by atoms with E-state index >= 15 is 0 Å². The molecular formula is C19H30Cl2FN3O2. The van der Waals surface area contributed by atoms with Crippen molar-refractivity contribution in [3.05, 3.63) is 35.6 Å². The summed E-state index contributed by atoms with van der Waals surface area (Å²) in [7, 11) is 0. The fourth-order valence-corrected chi connectivity index (χ4v) is 3.87. The maximum atomic E-state index is 13.7. The van der Waals surface area contributed by atoms with Crippen molar-refractivity contribution in [2.24, 2.45) is 11.7 Å². The van der Waals surface area contributed by atoms with Crippen LogP contribution < -0.4 is 11.1 Å². The summed E-state index contributed by atoms with van der Waals surface area (Å²) in [6, 6.07) is 6.74. The normalized spacial score (nSPS) is 24.2.